The third kappa shape index (κ3) is 2.31. The number of benzene rings is 1. The SMILES string of the molecule is CC1(n2c(CCCl)nc3cc(Cl)c(Cl)cc32)CCOC1. The number of nitrogens with zero attached hydrogens (tertiary/aromatic N) is 2. The molecule has 20 heavy (non-hydrogen) atoms. The summed E-state index contributed by atoms with van der Waals surface area (Å²) in [5.41, 5.74) is 1.74. The van der Waals surface area contributed by atoms with E-state index in [9.17, 15) is 0 Å². The third-order valence-electron chi connectivity index (χ3n) is 3.82. The highest BCUT2D eigenvalue weighted by molar-refractivity contribution is 6.42. The molecule has 0 aliphatic carbocycles. The number of hydrogen-bond donors (Lipinski definition) is 0. The number of ether oxygens (including phenoxy) is 1. The van der Waals surface area contributed by atoms with E-state index >= 15 is 0 Å². The number of fused-ring (bicyclic) bond motifs is 1. The first-order chi connectivity index (χ1) is 9.55. The Morgan fingerprint density at radius 1 is 1.35 bits per heavy atom. The Hall–Kier alpha value is -0.480. The Morgan fingerprint density at radius 3 is 2.75 bits per heavy atom. The maximum Gasteiger partial charge on any atom is 0.111 e. The number of rotatable bonds is 3. The second-order valence-corrected chi connectivity index (χ2v) is 6.55. The predicted molar refractivity (Wildman–Crippen MR) is 83.3 cm³/mol. The molecule has 1 saturated heterocycles. The molecule has 0 spiro atoms. The number of halogens is 3. The fourth-order valence-electron chi connectivity index (χ4n) is 2.81. The van der Waals surface area contributed by atoms with Crippen molar-refractivity contribution in [3.8, 4) is 0 Å². The third-order valence-corrected chi connectivity index (χ3v) is 4.73. The van der Waals surface area contributed by atoms with Gasteiger partial charge in [0.2, 0.25) is 0 Å². The molecule has 0 amide bonds. The molecule has 2 aromatic rings. The highest BCUT2D eigenvalue weighted by Crippen LogP contribution is 2.35. The molecule has 1 aromatic heterocycles. The molecule has 1 aliphatic heterocycles. The fraction of sp³-hybridized carbons (Fsp3) is 0.500. The van der Waals surface area contributed by atoms with Crippen molar-refractivity contribution in [3.05, 3.63) is 28.0 Å². The van der Waals surface area contributed by atoms with E-state index in [1.54, 1.807) is 0 Å². The number of imidazole rings is 1. The van der Waals surface area contributed by atoms with Gasteiger partial charge in [-0.05, 0) is 25.5 Å². The Kier molecular flexibility index (Phi) is 3.89. The van der Waals surface area contributed by atoms with E-state index < -0.39 is 0 Å². The van der Waals surface area contributed by atoms with Crippen LogP contribution in [0.4, 0.5) is 0 Å². The van der Waals surface area contributed by atoms with E-state index in [4.69, 9.17) is 39.5 Å². The summed E-state index contributed by atoms with van der Waals surface area (Å²) in [4.78, 5) is 4.67. The van der Waals surface area contributed by atoms with Gasteiger partial charge in [0.1, 0.15) is 5.82 Å². The number of alkyl halides is 1. The molecule has 1 aliphatic rings. The smallest absolute Gasteiger partial charge is 0.111 e. The summed E-state index contributed by atoms with van der Waals surface area (Å²) >= 11 is 18.2. The summed E-state index contributed by atoms with van der Waals surface area (Å²) in [7, 11) is 0. The topological polar surface area (TPSA) is 27.1 Å². The first-order valence-corrected chi connectivity index (χ1v) is 7.85. The lowest BCUT2D eigenvalue weighted by molar-refractivity contribution is 0.162. The van der Waals surface area contributed by atoms with Crippen LogP contribution < -0.4 is 0 Å². The van der Waals surface area contributed by atoms with Gasteiger partial charge < -0.3 is 9.30 Å². The van der Waals surface area contributed by atoms with Crippen molar-refractivity contribution in [1.29, 1.82) is 0 Å². The van der Waals surface area contributed by atoms with Gasteiger partial charge >= 0.3 is 0 Å². The van der Waals surface area contributed by atoms with E-state index in [0.717, 1.165) is 29.9 Å². The fourth-order valence-corrected chi connectivity index (χ4v) is 3.29. The van der Waals surface area contributed by atoms with Crippen LogP contribution in [0.1, 0.15) is 19.2 Å². The molecule has 0 N–H and O–H groups in total. The van der Waals surface area contributed by atoms with Crippen molar-refractivity contribution in [2.75, 3.05) is 19.1 Å². The summed E-state index contributed by atoms with van der Waals surface area (Å²) in [6, 6.07) is 3.69. The summed E-state index contributed by atoms with van der Waals surface area (Å²) < 4.78 is 7.80. The quantitative estimate of drug-likeness (QED) is 0.785. The van der Waals surface area contributed by atoms with Crippen LogP contribution in [-0.4, -0.2) is 28.6 Å². The maximum absolute atomic E-state index is 6.17. The second kappa shape index (κ2) is 5.38. The predicted octanol–water partition coefficient (Wildman–Crippen LogP) is 4.26. The molecule has 1 fully saturated rings. The lowest BCUT2D eigenvalue weighted by atomic mass is 10.0. The molecule has 108 valence electrons. The van der Waals surface area contributed by atoms with Gasteiger partial charge in [0.25, 0.3) is 0 Å². The molecular formula is C14H15Cl3N2O. The van der Waals surface area contributed by atoms with Gasteiger partial charge in [0.15, 0.2) is 0 Å². The molecule has 3 rings (SSSR count). The van der Waals surface area contributed by atoms with Crippen molar-refractivity contribution >= 4 is 45.8 Å². The minimum atomic E-state index is -0.104. The zero-order chi connectivity index (χ0) is 14.3. The lowest BCUT2D eigenvalue weighted by Crippen LogP contribution is -2.32. The standard InChI is InChI=1S/C14H15Cl3N2O/c1-14(3-5-20-8-14)19-12-7-10(17)9(16)6-11(12)18-13(19)2-4-15/h6-7H,2-5,8H2,1H3. The van der Waals surface area contributed by atoms with Crippen molar-refractivity contribution in [2.45, 2.75) is 25.3 Å². The van der Waals surface area contributed by atoms with Crippen LogP contribution in [0.25, 0.3) is 11.0 Å². The van der Waals surface area contributed by atoms with Crippen LogP contribution in [0.5, 0.6) is 0 Å². The summed E-state index contributed by atoms with van der Waals surface area (Å²) in [6.45, 7) is 3.62. The molecule has 6 heteroatoms. The zero-order valence-electron chi connectivity index (χ0n) is 11.1. The molecule has 0 radical (unpaired) electrons. The van der Waals surface area contributed by atoms with Crippen LogP contribution in [0.15, 0.2) is 12.1 Å². The number of aryl methyl sites for hydroxylation is 1. The second-order valence-electron chi connectivity index (χ2n) is 5.36. The average molecular weight is 334 g/mol. The van der Waals surface area contributed by atoms with Crippen LogP contribution >= 0.6 is 34.8 Å². The molecule has 1 atom stereocenters. The van der Waals surface area contributed by atoms with Crippen LogP contribution in [-0.2, 0) is 16.7 Å². The molecule has 3 nitrogen and oxygen atoms in total. The van der Waals surface area contributed by atoms with Gasteiger partial charge in [-0.15, -0.1) is 11.6 Å². The van der Waals surface area contributed by atoms with E-state index in [1.807, 2.05) is 12.1 Å². The Morgan fingerprint density at radius 2 is 2.10 bits per heavy atom. The first-order valence-electron chi connectivity index (χ1n) is 6.56. The average Bonchev–Trinajstić information content (AvgIpc) is 2.96. The van der Waals surface area contributed by atoms with Crippen molar-refractivity contribution in [2.24, 2.45) is 0 Å². The zero-order valence-corrected chi connectivity index (χ0v) is 13.4. The van der Waals surface area contributed by atoms with E-state index in [1.165, 1.54) is 0 Å². The van der Waals surface area contributed by atoms with Crippen molar-refractivity contribution in [1.82, 2.24) is 9.55 Å². The Balaban J connectivity index is 2.25. The number of aromatic nitrogens is 2. The molecule has 1 unspecified atom stereocenters. The highest BCUT2D eigenvalue weighted by atomic mass is 35.5. The van der Waals surface area contributed by atoms with Gasteiger partial charge in [-0.3, -0.25) is 0 Å². The Bertz CT molecular complexity index is 647. The molecule has 2 heterocycles. The summed E-state index contributed by atoms with van der Waals surface area (Å²) in [6.07, 6.45) is 1.66. The van der Waals surface area contributed by atoms with Gasteiger partial charge in [-0.2, -0.15) is 0 Å². The largest absolute Gasteiger partial charge is 0.379 e. The van der Waals surface area contributed by atoms with Gasteiger partial charge in [-0.1, -0.05) is 23.2 Å². The van der Waals surface area contributed by atoms with Crippen LogP contribution in [0, 0.1) is 0 Å². The molecule has 0 saturated carbocycles. The summed E-state index contributed by atoms with van der Waals surface area (Å²) in [5, 5.41) is 1.06. The Labute approximate surface area is 132 Å². The van der Waals surface area contributed by atoms with Crippen molar-refractivity contribution in [3.63, 3.8) is 0 Å². The molecule has 1 aromatic carbocycles. The van der Waals surface area contributed by atoms with Crippen LogP contribution in [0.3, 0.4) is 0 Å². The van der Waals surface area contributed by atoms with Gasteiger partial charge in [0, 0.05) is 18.9 Å². The van der Waals surface area contributed by atoms with Crippen LogP contribution in [0.2, 0.25) is 10.0 Å². The highest BCUT2D eigenvalue weighted by Gasteiger charge is 2.35. The van der Waals surface area contributed by atoms with E-state index in [-0.39, 0.29) is 5.54 Å². The first kappa shape index (κ1) is 14.5. The van der Waals surface area contributed by atoms with Gasteiger partial charge in [-0.25, -0.2) is 4.98 Å². The molecular weight excluding hydrogens is 319 g/mol. The molecule has 0 bridgehead atoms. The monoisotopic (exact) mass is 332 g/mol. The van der Waals surface area contributed by atoms with E-state index in [2.05, 4.69) is 16.5 Å². The van der Waals surface area contributed by atoms with Crippen molar-refractivity contribution < 1.29 is 4.74 Å². The van der Waals surface area contributed by atoms with Gasteiger partial charge in [0.05, 0.1) is 33.2 Å². The minimum Gasteiger partial charge on any atom is -0.379 e. The minimum absolute atomic E-state index is 0.104. The number of hydrogen-bond acceptors (Lipinski definition) is 2. The normalized spacial score (nSPS) is 22.8. The lowest BCUT2D eigenvalue weighted by Gasteiger charge is -2.27. The van der Waals surface area contributed by atoms with E-state index in [0.29, 0.717) is 29.0 Å². The maximum atomic E-state index is 6.17. The summed E-state index contributed by atoms with van der Waals surface area (Å²) in [5.74, 6) is 1.49.